The van der Waals surface area contributed by atoms with Crippen LogP contribution in [0.4, 0.5) is 23.2 Å². The SMILES string of the molecule is O=C(Nc1ccc(C(F)(F)F)cc1Cl)c1cccnc1F. The van der Waals surface area contributed by atoms with E-state index in [0.717, 1.165) is 18.3 Å². The summed E-state index contributed by atoms with van der Waals surface area (Å²) in [6.45, 7) is 0. The summed E-state index contributed by atoms with van der Waals surface area (Å²) in [7, 11) is 0. The summed E-state index contributed by atoms with van der Waals surface area (Å²) in [6, 6.07) is 4.98. The van der Waals surface area contributed by atoms with E-state index in [1.165, 1.54) is 12.1 Å². The summed E-state index contributed by atoms with van der Waals surface area (Å²) in [5.41, 5.74) is -1.34. The van der Waals surface area contributed by atoms with Crippen molar-refractivity contribution in [2.24, 2.45) is 0 Å². The van der Waals surface area contributed by atoms with Gasteiger partial charge in [-0.25, -0.2) is 4.98 Å². The second kappa shape index (κ2) is 5.69. The number of aromatic nitrogens is 1. The first-order chi connectivity index (χ1) is 9.79. The molecule has 8 heteroatoms. The summed E-state index contributed by atoms with van der Waals surface area (Å²) in [5, 5.41) is 1.92. The first kappa shape index (κ1) is 15.2. The van der Waals surface area contributed by atoms with E-state index in [4.69, 9.17) is 11.6 Å². The number of carbonyl (C=O) groups is 1. The Morgan fingerprint density at radius 1 is 1.24 bits per heavy atom. The van der Waals surface area contributed by atoms with Gasteiger partial charge >= 0.3 is 6.18 Å². The number of hydrogen-bond acceptors (Lipinski definition) is 2. The maximum Gasteiger partial charge on any atom is 0.416 e. The summed E-state index contributed by atoms with van der Waals surface area (Å²) in [4.78, 5) is 15.1. The largest absolute Gasteiger partial charge is 0.416 e. The van der Waals surface area contributed by atoms with Crippen LogP contribution >= 0.6 is 11.6 Å². The lowest BCUT2D eigenvalue weighted by Gasteiger charge is -2.11. The number of halogens is 5. The molecule has 3 nitrogen and oxygen atoms in total. The van der Waals surface area contributed by atoms with Crippen LogP contribution in [0.5, 0.6) is 0 Å². The zero-order valence-electron chi connectivity index (χ0n) is 10.2. The van der Waals surface area contributed by atoms with Crippen molar-refractivity contribution in [1.82, 2.24) is 4.98 Å². The Balaban J connectivity index is 2.25. The molecular formula is C13H7ClF4N2O. The van der Waals surface area contributed by atoms with E-state index in [1.807, 2.05) is 0 Å². The van der Waals surface area contributed by atoms with E-state index in [2.05, 4.69) is 10.3 Å². The molecule has 21 heavy (non-hydrogen) atoms. The Kier molecular flexibility index (Phi) is 4.13. The first-order valence-corrected chi connectivity index (χ1v) is 5.95. The summed E-state index contributed by atoms with van der Waals surface area (Å²) in [5.74, 6) is -1.85. The zero-order chi connectivity index (χ0) is 15.6. The van der Waals surface area contributed by atoms with Crippen molar-refractivity contribution in [3.63, 3.8) is 0 Å². The van der Waals surface area contributed by atoms with Crippen LogP contribution in [0.15, 0.2) is 36.5 Å². The molecule has 0 bridgehead atoms. The Morgan fingerprint density at radius 2 is 1.95 bits per heavy atom. The molecule has 0 spiro atoms. The summed E-state index contributed by atoms with van der Waals surface area (Å²) < 4.78 is 50.7. The monoisotopic (exact) mass is 318 g/mol. The molecular weight excluding hydrogens is 312 g/mol. The van der Waals surface area contributed by atoms with E-state index in [9.17, 15) is 22.4 Å². The maximum atomic E-state index is 13.3. The van der Waals surface area contributed by atoms with Crippen LogP contribution < -0.4 is 5.32 Å². The molecule has 1 amide bonds. The minimum Gasteiger partial charge on any atom is -0.320 e. The van der Waals surface area contributed by atoms with Gasteiger partial charge in [-0.1, -0.05) is 11.6 Å². The minimum atomic E-state index is -4.54. The topological polar surface area (TPSA) is 42.0 Å². The number of pyridine rings is 1. The smallest absolute Gasteiger partial charge is 0.320 e. The van der Waals surface area contributed by atoms with Crippen LogP contribution in [-0.4, -0.2) is 10.9 Å². The average molecular weight is 319 g/mol. The van der Waals surface area contributed by atoms with Gasteiger partial charge in [0, 0.05) is 6.20 Å². The molecule has 0 aliphatic rings. The number of amides is 1. The van der Waals surface area contributed by atoms with E-state index in [0.29, 0.717) is 6.07 Å². The summed E-state index contributed by atoms with van der Waals surface area (Å²) in [6.07, 6.45) is -3.38. The quantitative estimate of drug-likeness (QED) is 0.668. The molecule has 0 saturated carbocycles. The van der Waals surface area contributed by atoms with Crippen LogP contribution in [0.2, 0.25) is 5.02 Å². The van der Waals surface area contributed by atoms with Crippen molar-refractivity contribution in [3.05, 3.63) is 58.6 Å². The molecule has 0 unspecified atom stereocenters. The number of carbonyl (C=O) groups excluding carboxylic acids is 1. The van der Waals surface area contributed by atoms with Crippen LogP contribution in [0.3, 0.4) is 0 Å². The first-order valence-electron chi connectivity index (χ1n) is 5.57. The van der Waals surface area contributed by atoms with Crippen molar-refractivity contribution in [3.8, 4) is 0 Å². The molecule has 0 aliphatic carbocycles. The van der Waals surface area contributed by atoms with Gasteiger partial charge < -0.3 is 5.32 Å². The van der Waals surface area contributed by atoms with E-state index < -0.39 is 23.6 Å². The van der Waals surface area contributed by atoms with Crippen molar-refractivity contribution in [2.45, 2.75) is 6.18 Å². The van der Waals surface area contributed by atoms with Crippen molar-refractivity contribution in [2.75, 3.05) is 5.32 Å². The number of nitrogens with one attached hydrogen (secondary N) is 1. The Bertz CT molecular complexity index is 688. The summed E-state index contributed by atoms with van der Waals surface area (Å²) >= 11 is 5.68. The van der Waals surface area contributed by atoms with Gasteiger partial charge in [-0.2, -0.15) is 17.6 Å². The molecule has 2 rings (SSSR count). The molecule has 0 radical (unpaired) electrons. The highest BCUT2D eigenvalue weighted by Gasteiger charge is 2.31. The fraction of sp³-hybridized carbons (Fsp3) is 0.0769. The van der Waals surface area contributed by atoms with Gasteiger partial charge in [-0.05, 0) is 30.3 Å². The molecule has 1 aromatic carbocycles. The fourth-order valence-corrected chi connectivity index (χ4v) is 1.77. The second-order valence-corrected chi connectivity index (χ2v) is 4.40. The molecule has 1 heterocycles. The van der Waals surface area contributed by atoms with Crippen molar-refractivity contribution in [1.29, 1.82) is 0 Å². The van der Waals surface area contributed by atoms with Gasteiger partial charge in [0.2, 0.25) is 5.95 Å². The third-order valence-corrected chi connectivity index (χ3v) is 2.86. The van der Waals surface area contributed by atoms with Crippen molar-refractivity contribution < 1.29 is 22.4 Å². The van der Waals surface area contributed by atoms with Crippen LogP contribution in [0.25, 0.3) is 0 Å². The molecule has 0 fully saturated rings. The van der Waals surface area contributed by atoms with E-state index in [-0.39, 0.29) is 16.3 Å². The standard InChI is InChI=1S/C13H7ClF4N2O/c14-9-6-7(13(16,17)18)3-4-10(9)20-12(21)8-2-1-5-19-11(8)15/h1-6H,(H,20,21). The molecule has 2 aromatic rings. The van der Waals surface area contributed by atoms with Gasteiger partial charge in [0.05, 0.1) is 21.8 Å². The number of benzene rings is 1. The predicted molar refractivity (Wildman–Crippen MR) is 68.6 cm³/mol. The molecule has 0 aliphatic heterocycles. The van der Waals surface area contributed by atoms with Gasteiger partial charge in [-0.15, -0.1) is 0 Å². The van der Waals surface area contributed by atoms with E-state index >= 15 is 0 Å². The predicted octanol–water partition coefficient (Wildman–Crippen LogP) is 4.15. The average Bonchev–Trinajstić information content (AvgIpc) is 2.40. The van der Waals surface area contributed by atoms with Crippen molar-refractivity contribution >= 4 is 23.2 Å². The minimum absolute atomic E-state index is 0.0575. The van der Waals surface area contributed by atoms with E-state index in [1.54, 1.807) is 0 Å². The second-order valence-electron chi connectivity index (χ2n) is 3.99. The number of anilines is 1. The lowest BCUT2D eigenvalue weighted by atomic mass is 10.2. The Labute approximate surface area is 121 Å². The third-order valence-electron chi connectivity index (χ3n) is 2.55. The van der Waals surface area contributed by atoms with Crippen LogP contribution in [0, 0.1) is 5.95 Å². The molecule has 0 atom stereocenters. The molecule has 110 valence electrons. The van der Waals surface area contributed by atoms with Gasteiger partial charge in [0.1, 0.15) is 0 Å². The highest BCUT2D eigenvalue weighted by molar-refractivity contribution is 6.34. The number of nitrogens with zero attached hydrogens (tertiary/aromatic N) is 1. The number of rotatable bonds is 2. The number of hydrogen-bond donors (Lipinski definition) is 1. The van der Waals surface area contributed by atoms with Gasteiger partial charge in [0.15, 0.2) is 0 Å². The maximum absolute atomic E-state index is 13.3. The van der Waals surface area contributed by atoms with Crippen LogP contribution in [0.1, 0.15) is 15.9 Å². The highest BCUT2D eigenvalue weighted by atomic mass is 35.5. The van der Waals surface area contributed by atoms with Crippen LogP contribution in [-0.2, 0) is 6.18 Å². The Hall–Kier alpha value is -2.15. The molecule has 1 aromatic heterocycles. The Morgan fingerprint density at radius 3 is 2.52 bits per heavy atom. The lowest BCUT2D eigenvalue weighted by molar-refractivity contribution is -0.137. The third kappa shape index (κ3) is 3.49. The molecule has 1 N–H and O–H groups in total. The van der Waals surface area contributed by atoms with Gasteiger partial charge in [-0.3, -0.25) is 4.79 Å². The lowest BCUT2D eigenvalue weighted by Crippen LogP contribution is -2.15. The zero-order valence-corrected chi connectivity index (χ0v) is 11.0. The van der Waals surface area contributed by atoms with Gasteiger partial charge in [0.25, 0.3) is 5.91 Å². The highest BCUT2D eigenvalue weighted by Crippen LogP contribution is 2.33. The molecule has 0 saturated heterocycles. The normalized spacial score (nSPS) is 11.3. The fourth-order valence-electron chi connectivity index (χ4n) is 1.54. The number of alkyl halides is 3.